The largest absolute Gasteiger partial charge is 0.329 e. The average Bonchev–Trinajstić information content (AvgIpc) is 2.39. The number of aryl methyl sites for hydroxylation is 1. The molecule has 0 aliphatic carbocycles. The van der Waals surface area contributed by atoms with Crippen LogP contribution in [0.1, 0.15) is 31.0 Å². The van der Waals surface area contributed by atoms with Gasteiger partial charge in [-0.15, -0.1) is 0 Å². The zero-order valence-electron chi connectivity index (χ0n) is 11.9. The third-order valence-electron chi connectivity index (χ3n) is 4.14. The third kappa shape index (κ3) is 3.35. The van der Waals surface area contributed by atoms with Gasteiger partial charge in [-0.1, -0.05) is 35.0 Å². The summed E-state index contributed by atoms with van der Waals surface area (Å²) in [6.45, 7) is 8.57. The normalized spacial score (nSPS) is 26.4. The number of rotatable bonds is 3. The van der Waals surface area contributed by atoms with E-state index >= 15 is 0 Å². The maximum atomic E-state index is 6.07. The van der Waals surface area contributed by atoms with Gasteiger partial charge in [-0.2, -0.15) is 11.8 Å². The predicted molar refractivity (Wildman–Crippen MR) is 88.8 cm³/mol. The van der Waals surface area contributed by atoms with E-state index in [1.54, 1.807) is 0 Å². The molecule has 19 heavy (non-hydrogen) atoms. The minimum Gasteiger partial charge on any atom is -0.329 e. The highest BCUT2D eigenvalue weighted by molar-refractivity contribution is 9.10. The lowest BCUT2D eigenvalue weighted by molar-refractivity contribution is 0.150. The van der Waals surface area contributed by atoms with Crippen LogP contribution >= 0.6 is 27.7 Å². The van der Waals surface area contributed by atoms with E-state index in [1.165, 1.54) is 21.4 Å². The number of hydrogen-bond donors (Lipinski definition) is 1. The SMILES string of the molecule is Cc1ccc(C(CN)N2CCSC(C)C2C)cc1Br. The first-order valence-electron chi connectivity index (χ1n) is 6.88. The van der Waals surface area contributed by atoms with Gasteiger partial charge in [0.1, 0.15) is 0 Å². The highest BCUT2D eigenvalue weighted by Gasteiger charge is 2.30. The lowest BCUT2D eigenvalue weighted by atomic mass is 10.0. The molecule has 2 rings (SSSR count). The zero-order valence-corrected chi connectivity index (χ0v) is 14.3. The fraction of sp³-hybridized carbons (Fsp3) is 0.600. The maximum absolute atomic E-state index is 6.07. The summed E-state index contributed by atoms with van der Waals surface area (Å²) in [7, 11) is 0. The van der Waals surface area contributed by atoms with E-state index in [0.717, 1.165) is 6.54 Å². The molecule has 1 aliphatic rings. The van der Waals surface area contributed by atoms with Crippen LogP contribution in [0.3, 0.4) is 0 Å². The Balaban J connectivity index is 2.25. The average molecular weight is 343 g/mol. The molecule has 4 heteroatoms. The lowest BCUT2D eigenvalue weighted by Gasteiger charge is -2.42. The van der Waals surface area contributed by atoms with E-state index in [0.29, 0.717) is 23.9 Å². The molecule has 0 saturated carbocycles. The first-order chi connectivity index (χ1) is 9.04. The second-order valence-corrected chi connectivity index (χ2v) is 7.65. The summed E-state index contributed by atoms with van der Waals surface area (Å²) >= 11 is 5.70. The standard InChI is InChI=1S/C15H23BrN2S/c1-10-4-5-13(8-14(10)16)15(9-17)18-6-7-19-12(3)11(18)2/h4-5,8,11-12,15H,6-7,9,17H2,1-3H3. The van der Waals surface area contributed by atoms with Gasteiger partial charge in [-0.3, -0.25) is 4.90 Å². The van der Waals surface area contributed by atoms with Gasteiger partial charge in [0.25, 0.3) is 0 Å². The molecule has 1 aliphatic heterocycles. The summed E-state index contributed by atoms with van der Waals surface area (Å²) in [5.74, 6) is 1.20. The number of halogens is 1. The van der Waals surface area contributed by atoms with E-state index in [1.807, 2.05) is 0 Å². The molecule has 1 aromatic rings. The van der Waals surface area contributed by atoms with Crippen molar-refractivity contribution < 1.29 is 0 Å². The predicted octanol–water partition coefficient (Wildman–Crippen LogP) is 3.58. The fourth-order valence-electron chi connectivity index (χ4n) is 2.68. The number of benzene rings is 1. The number of nitrogens with zero attached hydrogens (tertiary/aromatic N) is 1. The fourth-order valence-corrected chi connectivity index (χ4v) is 4.19. The third-order valence-corrected chi connectivity index (χ3v) is 6.33. The Kier molecular flexibility index (Phi) is 5.35. The van der Waals surface area contributed by atoms with Crippen LogP contribution in [0.15, 0.2) is 22.7 Å². The minimum absolute atomic E-state index is 0.329. The molecule has 3 atom stereocenters. The van der Waals surface area contributed by atoms with Crippen molar-refractivity contribution in [1.29, 1.82) is 0 Å². The van der Waals surface area contributed by atoms with Crippen LogP contribution in [0.25, 0.3) is 0 Å². The number of hydrogen-bond acceptors (Lipinski definition) is 3. The molecule has 106 valence electrons. The topological polar surface area (TPSA) is 29.3 Å². The smallest absolute Gasteiger partial charge is 0.0474 e. The summed E-state index contributed by atoms with van der Waals surface area (Å²) < 4.78 is 1.18. The van der Waals surface area contributed by atoms with Gasteiger partial charge in [0.2, 0.25) is 0 Å². The van der Waals surface area contributed by atoms with Gasteiger partial charge in [-0.25, -0.2) is 0 Å². The van der Waals surface area contributed by atoms with E-state index in [-0.39, 0.29) is 0 Å². The van der Waals surface area contributed by atoms with Crippen molar-refractivity contribution in [2.45, 2.75) is 38.1 Å². The molecule has 0 aromatic heterocycles. The second-order valence-electron chi connectivity index (χ2n) is 5.31. The number of nitrogens with two attached hydrogens (primary N) is 1. The summed E-state index contributed by atoms with van der Waals surface area (Å²) in [5, 5.41) is 0.677. The van der Waals surface area contributed by atoms with Gasteiger partial charge in [-0.05, 0) is 31.0 Å². The minimum atomic E-state index is 0.329. The van der Waals surface area contributed by atoms with Crippen LogP contribution < -0.4 is 5.73 Å². The molecule has 2 N–H and O–H groups in total. The molecule has 0 spiro atoms. The monoisotopic (exact) mass is 342 g/mol. The van der Waals surface area contributed by atoms with Crippen molar-refractivity contribution in [3.63, 3.8) is 0 Å². The molecular formula is C15H23BrN2S. The van der Waals surface area contributed by atoms with Gasteiger partial charge in [0, 0.05) is 40.6 Å². The van der Waals surface area contributed by atoms with Crippen LogP contribution in [0, 0.1) is 6.92 Å². The summed E-state index contributed by atoms with van der Waals surface area (Å²) in [6.07, 6.45) is 0. The molecule has 2 nitrogen and oxygen atoms in total. The van der Waals surface area contributed by atoms with Crippen molar-refractivity contribution in [1.82, 2.24) is 4.90 Å². The first-order valence-corrected chi connectivity index (χ1v) is 8.72. The molecule has 3 unspecified atom stereocenters. The highest BCUT2D eigenvalue weighted by atomic mass is 79.9. The van der Waals surface area contributed by atoms with E-state index < -0.39 is 0 Å². The lowest BCUT2D eigenvalue weighted by Crippen LogP contribution is -2.48. The van der Waals surface area contributed by atoms with Gasteiger partial charge in [0.15, 0.2) is 0 Å². The van der Waals surface area contributed by atoms with Crippen molar-refractivity contribution in [3.8, 4) is 0 Å². The molecular weight excluding hydrogens is 320 g/mol. The Hall–Kier alpha value is -0.0300. The van der Waals surface area contributed by atoms with Crippen molar-refractivity contribution >= 4 is 27.7 Å². The van der Waals surface area contributed by atoms with Gasteiger partial charge < -0.3 is 5.73 Å². The van der Waals surface area contributed by atoms with Crippen molar-refractivity contribution in [2.24, 2.45) is 5.73 Å². The molecule has 0 radical (unpaired) electrons. The molecule has 1 fully saturated rings. The summed E-state index contributed by atoms with van der Waals surface area (Å²) in [6, 6.07) is 7.53. The molecule has 0 amide bonds. The van der Waals surface area contributed by atoms with Crippen LogP contribution in [0.2, 0.25) is 0 Å². The van der Waals surface area contributed by atoms with Crippen LogP contribution in [0.5, 0.6) is 0 Å². The molecule has 1 saturated heterocycles. The Morgan fingerprint density at radius 2 is 2.21 bits per heavy atom. The van der Waals surface area contributed by atoms with Crippen molar-refractivity contribution in [3.05, 3.63) is 33.8 Å². The van der Waals surface area contributed by atoms with Crippen molar-refractivity contribution in [2.75, 3.05) is 18.8 Å². The van der Waals surface area contributed by atoms with E-state index in [9.17, 15) is 0 Å². The van der Waals surface area contributed by atoms with E-state index in [4.69, 9.17) is 5.73 Å². The first kappa shape index (κ1) is 15.4. The van der Waals surface area contributed by atoms with Crippen LogP contribution in [-0.2, 0) is 0 Å². The number of thioether (sulfide) groups is 1. The molecule has 1 aromatic carbocycles. The van der Waals surface area contributed by atoms with Crippen LogP contribution in [0.4, 0.5) is 0 Å². The highest BCUT2D eigenvalue weighted by Crippen LogP contribution is 2.32. The second kappa shape index (κ2) is 6.61. The molecule has 0 bridgehead atoms. The quantitative estimate of drug-likeness (QED) is 0.910. The Labute approximate surface area is 129 Å². The summed E-state index contributed by atoms with van der Waals surface area (Å²) in [5.41, 5.74) is 8.67. The summed E-state index contributed by atoms with van der Waals surface area (Å²) in [4.78, 5) is 2.57. The Morgan fingerprint density at radius 3 is 2.84 bits per heavy atom. The van der Waals surface area contributed by atoms with Gasteiger partial charge >= 0.3 is 0 Å². The van der Waals surface area contributed by atoms with E-state index in [2.05, 4.69) is 71.6 Å². The van der Waals surface area contributed by atoms with Gasteiger partial charge in [0.05, 0.1) is 0 Å². The molecule has 1 heterocycles. The Bertz CT molecular complexity index is 438. The zero-order chi connectivity index (χ0) is 14.0. The van der Waals surface area contributed by atoms with Crippen LogP contribution in [-0.4, -0.2) is 35.0 Å². The maximum Gasteiger partial charge on any atom is 0.0474 e. The Morgan fingerprint density at radius 1 is 1.47 bits per heavy atom.